The summed E-state index contributed by atoms with van der Waals surface area (Å²) in [5.41, 5.74) is 0.173. The fraction of sp³-hybridized carbons (Fsp3) is 0.714. The van der Waals surface area contributed by atoms with Crippen LogP contribution in [0, 0.1) is 21.4 Å². The lowest BCUT2D eigenvalue weighted by atomic mass is 9.80. The van der Waals surface area contributed by atoms with Gasteiger partial charge in [-0.1, -0.05) is 20.8 Å². The number of anilines is 2. The van der Waals surface area contributed by atoms with E-state index < -0.39 is 4.92 Å². The van der Waals surface area contributed by atoms with Gasteiger partial charge >= 0.3 is 5.69 Å². The summed E-state index contributed by atoms with van der Waals surface area (Å²) in [5.74, 6) is 1.38. The largest absolute Gasteiger partial charge is 0.354 e. The lowest BCUT2D eigenvalue weighted by Crippen LogP contribution is -2.27. The highest BCUT2D eigenvalue weighted by atomic mass is 16.6. The second-order valence-electron chi connectivity index (χ2n) is 6.49. The van der Waals surface area contributed by atoms with Crippen molar-refractivity contribution in [2.24, 2.45) is 11.3 Å². The van der Waals surface area contributed by atoms with Crippen molar-refractivity contribution >= 4 is 17.5 Å². The normalized spacial score (nSPS) is 18.9. The van der Waals surface area contributed by atoms with Crippen molar-refractivity contribution in [3.05, 3.63) is 16.3 Å². The third-order valence-corrected chi connectivity index (χ3v) is 3.99. The molecule has 0 radical (unpaired) electrons. The summed E-state index contributed by atoms with van der Waals surface area (Å²) >= 11 is 0. The van der Waals surface area contributed by atoms with Gasteiger partial charge in [0.1, 0.15) is 6.20 Å². The summed E-state index contributed by atoms with van der Waals surface area (Å²) in [5, 5.41) is 14.2. The summed E-state index contributed by atoms with van der Waals surface area (Å²) in [4.78, 5) is 21.2. The predicted molar refractivity (Wildman–Crippen MR) is 82.6 cm³/mol. The molecule has 1 fully saturated rings. The van der Waals surface area contributed by atoms with Gasteiger partial charge in [0.15, 0.2) is 0 Å². The van der Waals surface area contributed by atoms with Crippen molar-refractivity contribution in [1.82, 2.24) is 9.97 Å². The number of nitrogens with one attached hydrogen (secondary N) is 1. The molecule has 7 nitrogen and oxygen atoms in total. The molecule has 2 heterocycles. The van der Waals surface area contributed by atoms with Crippen molar-refractivity contribution in [1.29, 1.82) is 0 Å². The molecule has 1 N–H and O–H groups in total. The van der Waals surface area contributed by atoms with Crippen molar-refractivity contribution in [3.8, 4) is 0 Å². The molecule has 0 bridgehead atoms. The second-order valence-corrected chi connectivity index (χ2v) is 6.49. The van der Waals surface area contributed by atoms with E-state index >= 15 is 0 Å². The molecule has 1 unspecified atom stereocenters. The third-order valence-electron chi connectivity index (χ3n) is 3.99. The smallest absolute Gasteiger partial charge is 0.329 e. The molecule has 116 valence electrons. The Morgan fingerprint density at radius 1 is 1.52 bits per heavy atom. The van der Waals surface area contributed by atoms with Crippen LogP contribution in [0.15, 0.2) is 6.20 Å². The monoisotopic (exact) mass is 293 g/mol. The first-order valence-corrected chi connectivity index (χ1v) is 7.33. The molecule has 0 aromatic carbocycles. The van der Waals surface area contributed by atoms with E-state index in [-0.39, 0.29) is 11.1 Å². The minimum atomic E-state index is -0.407. The van der Waals surface area contributed by atoms with E-state index in [2.05, 4.69) is 36.1 Å². The van der Waals surface area contributed by atoms with Crippen LogP contribution in [0.2, 0.25) is 0 Å². The summed E-state index contributed by atoms with van der Waals surface area (Å²) < 4.78 is 0. The van der Waals surface area contributed by atoms with E-state index in [0.717, 1.165) is 19.5 Å². The Morgan fingerprint density at radius 3 is 2.76 bits per heavy atom. The third kappa shape index (κ3) is 3.40. The zero-order chi connectivity index (χ0) is 15.6. The van der Waals surface area contributed by atoms with Gasteiger partial charge in [0.2, 0.25) is 11.8 Å². The maximum Gasteiger partial charge on any atom is 0.329 e. The molecule has 0 spiro atoms. The predicted octanol–water partition coefficient (Wildman–Crippen LogP) is 2.69. The topological polar surface area (TPSA) is 84.2 Å². The van der Waals surface area contributed by atoms with Crippen LogP contribution in [0.4, 0.5) is 17.5 Å². The molecular weight excluding hydrogens is 270 g/mol. The van der Waals surface area contributed by atoms with Crippen LogP contribution in [0.1, 0.15) is 34.1 Å². The van der Waals surface area contributed by atoms with Crippen LogP contribution in [-0.2, 0) is 0 Å². The number of nitro groups is 1. The van der Waals surface area contributed by atoms with Crippen LogP contribution < -0.4 is 10.2 Å². The van der Waals surface area contributed by atoms with E-state index in [9.17, 15) is 10.1 Å². The van der Waals surface area contributed by atoms with Gasteiger partial charge < -0.3 is 10.2 Å². The Kier molecular flexibility index (Phi) is 4.29. The van der Waals surface area contributed by atoms with Crippen LogP contribution in [0.3, 0.4) is 0 Å². The van der Waals surface area contributed by atoms with Crippen LogP contribution >= 0.6 is 0 Å². The Morgan fingerprint density at radius 2 is 2.24 bits per heavy atom. The Bertz CT molecular complexity index is 527. The number of rotatable bonds is 4. The highest BCUT2D eigenvalue weighted by Gasteiger charge is 2.35. The fourth-order valence-corrected chi connectivity index (χ4v) is 2.63. The van der Waals surface area contributed by atoms with Gasteiger partial charge in [0.05, 0.1) is 4.92 Å². The second kappa shape index (κ2) is 5.83. The number of nitrogens with zero attached hydrogens (tertiary/aromatic N) is 4. The molecule has 1 aliphatic heterocycles. The fourth-order valence-electron chi connectivity index (χ4n) is 2.63. The lowest BCUT2D eigenvalue weighted by Gasteiger charge is -2.27. The summed E-state index contributed by atoms with van der Waals surface area (Å²) in [6.07, 6.45) is 2.33. The molecule has 2 rings (SSSR count). The van der Waals surface area contributed by atoms with Gasteiger partial charge in [0.25, 0.3) is 0 Å². The Hall–Kier alpha value is -1.92. The van der Waals surface area contributed by atoms with Crippen LogP contribution in [0.25, 0.3) is 0 Å². The van der Waals surface area contributed by atoms with E-state index in [1.54, 1.807) is 0 Å². The maximum absolute atomic E-state index is 11.2. The van der Waals surface area contributed by atoms with Crippen LogP contribution in [0.5, 0.6) is 0 Å². The Balaban J connectivity index is 2.29. The number of hydrogen-bond donors (Lipinski definition) is 1. The van der Waals surface area contributed by atoms with Gasteiger partial charge in [-0.05, 0) is 24.7 Å². The van der Waals surface area contributed by atoms with E-state index in [1.165, 1.54) is 6.20 Å². The molecule has 1 saturated heterocycles. The molecule has 1 aromatic rings. The molecule has 21 heavy (non-hydrogen) atoms. The Labute approximate surface area is 124 Å². The first-order chi connectivity index (χ1) is 9.82. The number of hydrogen-bond acceptors (Lipinski definition) is 6. The van der Waals surface area contributed by atoms with E-state index in [4.69, 9.17) is 0 Å². The average molecular weight is 293 g/mol. The van der Waals surface area contributed by atoms with Crippen molar-refractivity contribution in [2.45, 2.75) is 34.1 Å². The first-order valence-electron chi connectivity index (χ1n) is 7.33. The SMILES string of the molecule is CCNc1ncc([N+](=O)[O-])c(N2CCC(C(C)(C)C)C2)n1. The molecule has 1 atom stereocenters. The molecule has 0 aliphatic carbocycles. The zero-order valence-electron chi connectivity index (χ0n) is 13.1. The molecule has 0 amide bonds. The first kappa shape index (κ1) is 15.5. The van der Waals surface area contributed by atoms with Gasteiger partial charge in [-0.3, -0.25) is 10.1 Å². The van der Waals surface area contributed by atoms with E-state index in [0.29, 0.717) is 24.2 Å². The summed E-state index contributed by atoms with van der Waals surface area (Å²) in [6, 6.07) is 0. The summed E-state index contributed by atoms with van der Waals surface area (Å²) in [6.45, 7) is 10.8. The molecule has 1 aliphatic rings. The highest BCUT2D eigenvalue weighted by Crippen LogP contribution is 2.37. The minimum absolute atomic E-state index is 0.0220. The number of aromatic nitrogens is 2. The molecule has 1 aromatic heterocycles. The van der Waals surface area contributed by atoms with Crippen molar-refractivity contribution < 1.29 is 4.92 Å². The van der Waals surface area contributed by atoms with Crippen LogP contribution in [-0.4, -0.2) is 34.5 Å². The molecular formula is C14H23N5O2. The van der Waals surface area contributed by atoms with Gasteiger partial charge in [-0.2, -0.15) is 4.98 Å². The van der Waals surface area contributed by atoms with Gasteiger partial charge in [0, 0.05) is 19.6 Å². The van der Waals surface area contributed by atoms with Gasteiger partial charge in [-0.25, -0.2) is 4.98 Å². The standard InChI is InChI=1S/C14H23N5O2/c1-5-15-13-16-8-11(19(20)21)12(17-13)18-7-6-10(9-18)14(2,3)4/h8,10H,5-7,9H2,1-4H3,(H,15,16,17). The van der Waals surface area contributed by atoms with Gasteiger partial charge in [-0.15, -0.1) is 0 Å². The van der Waals surface area contributed by atoms with Crippen molar-refractivity contribution in [3.63, 3.8) is 0 Å². The lowest BCUT2D eigenvalue weighted by molar-refractivity contribution is -0.384. The average Bonchev–Trinajstić information content (AvgIpc) is 2.88. The highest BCUT2D eigenvalue weighted by molar-refractivity contribution is 5.59. The summed E-state index contributed by atoms with van der Waals surface area (Å²) in [7, 11) is 0. The molecule has 7 heteroatoms. The maximum atomic E-state index is 11.2. The van der Waals surface area contributed by atoms with E-state index in [1.807, 2.05) is 11.8 Å². The zero-order valence-corrected chi connectivity index (χ0v) is 13.1. The quantitative estimate of drug-likeness (QED) is 0.678. The minimum Gasteiger partial charge on any atom is -0.354 e. The molecule has 0 saturated carbocycles. The van der Waals surface area contributed by atoms with Crippen molar-refractivity contribution in [2.75, 3.05) is 29.9 Å².